The van der Waals surface area contributed by atoms with Crippen LogP contribution >= 0.6 is 11.6 Å². The molecule has 0 aliphatic heterocycles. The first-order valence-electron chi connectivity index (χ1n) is 8.48. The molecule has 2 N–H and O–H groups in total. The van der Waals surface area contributed by atoms with Crippen molar-refractivity contribution in [1.29, 1.82) is 0 Å². The molecule has 0 radical (unpaired) electrons. The Morgan fingerprint density at radius 1 is 1.32 bits per heavy atom. The van der Waals surface area contributed by atoms with Gasteiger partial charge in [-0.3, -0.25) is 0 Å². The maximum absolute atomic E-state index is 13.8. The standard InChI is InChI=1S/C21H22ClF2NO3/c1-11-8-14(21(4,23)24)9-16(12(11)2)13(3)25(5)10-17-18(22)7-6-15(19(17)26)20(27)28/h6-9,26H,2,10H2,1,3-5H3,(H,27,28)/b16-13-. The van der Waals surface area contributed by atoms with Gasteiger partial charge in [0.1, 0.15) is 11.3 Å². The summed E-state index contributed by atoms with van der Waals surface area (Å²) < 4.78 is 27.7. The minimum atomic E-state index is -3.00. The number of carboxylic acids is 1. The van der Waals surface area contributed by atoms with Gasteiger partial charge in [-0.05, 0) is 48.9 Å². The number of nitrogens with zero attached hydrogens (tertiary/aromatic N) is 1. The Morgan fingerprint density at radius 3 is 2.46 bits per heavy atom. The fourth-order valence-corrected chi connectivity index (χ4v) is 3.10. The fourth-order valence-electron chi connectivity index (χ4n) is 2.89. The molecule has 0 saturated heterocycles. The van der Waals surface area contributed by atoms with Crippen molar-refractivity contribution in [2.75, 3.05) is 7.05 Å². The van der Waals surface area contributed by atoms with Gasteiger partial charge in [-0.2, -0.15) is 0 Å². The van der Waals surface area contributed by atoms with Gasteiger partial charge in [0.2, 0.25) is 0 Å². The van der Waals surface area contributed by atoms with Crippen LogP contribution in [0.25, 0.3) is 12.3 Å². The molecule has 2 aromatic carbocycles. The van der Waals surface area contributed by atoms with E-state index in [-0.39, 0.29) is 28.3 Å². The molecule has 2 rings (SSSR count). The van der Waals surface area contributed by atoms with Crippen LogP contribution in [0, 0.1) is 6.92 Å². The molecule has 0 unspecified atom stereocenters. The van der Waals surface area contributed by atoms with E-state index < -0.39 is 17.6 Å². The highest BCUT2D eigenvalue weighted by molar-refractivity contribution is 6.31. The van der Waals surface area contributed by atoms with Crippen LogP contribution in [0.4, 0.5) is 8.78 Å². The number of carbonyl (C=O) groups is 1. The molecule has 0 aliphatic carbocycles. The van der Waals surface area contributed by atoms with Gasteiger partial charge in [-0.25, -0.2) is 13.6 Å². The molecule has 0 heterocycles. The van der Waals surface area contributed by atoms with Gasteiger partial charge in [0, 0.05) is 47.6 Å². The zero-order chi connectivity index (χ0) is 21.4. The van der Waals surface area contributed by atoms with Crippen LogP contribution in [0.15, 0.2) is 24.3 Å². The maximum Gasteiger partial charge on any atom is 0.339 e. The topological polar surface area (TPSA) is 60.8 Å². The number of carboxylic acid groups (broad SMARTS) is 1. The summed E-state index contributed by atoms with van der Waals surface area (Å²) in [6, 6.07) is 5.44. The van der Waals surface area contributed by atoms with Crippen molar-refractivity contribution in [3.8, 4) is 5.75 Å². The van der Waals surface area contributed by atoms with Crippen molar-refractivity contribution >= 4 is 29.8 Å². The molecular formula is C21H22ClF2NO3. The van der Waals surface area contributed by atoms with E-state index in [0.29, 0.717) is 21.7 Å². The van der Waals surface area contributed by atoms with E-state index in [1.54, 1.807) is 25.8 Å². The number of benzene rings is 2. The third-order valence-corrected chi connectivity index (χ3v) is 5.15. The molecule has 7 heteroatoms. The highest BCUT2D eigenvalue weighted by Gasteiger charge is 2.25. The summed E-state index contributed by atoms with van der Waals surface area (Å²) >= 11 is 6.14. The second kappa shape index (κ2) is 7.80. The summed E-state index contributed by atoms with van der Waals surface area (Å²) in [4.78, 5) is 12.9. The van der Waals surface area contributed by atoms with E-state index in [4.69, 9.17) is 11.6 Å². The largest absolute Gasteiger partial charge is 0.507 e. The van der Waals surface area contributed by atoms with Gasteiger partial charge >= 0.3 is 5.97 Å². The van der Waals surface area contributed by atoms with Crippen molar-refractivity contribution in [3.05, 3.63) is 62.0 Å². The van der Waals surface area contributed by atoms with Gasteiger partial charge < -0.3 is 15.1 Å². The number of hydrogen-bond acceptors (Lipinski definition) is 3. The lowest BCUT2D eigenvalue weighted by molar-refractivity contribution is 0.0173. The lowest BCUT2D eigenvalue weighted by Crippen LogP contribution is -2.34. The molecule has 28 heavy (non-hydrogen) atoms. The number of hydrogen-bond donors (Lipinski definition) is 2. The van der Waals surface area contributed by atoms with Gasteiger partial charge in [-0.1, -0.05) is 18.2 Å². The van der Waals surface area contributed by atoms with E-state index in [1.165, 1.54) is 24.3 Å². The number of aromatic carboxylic acids is 1. The summed E-state index contributed by atoms with van der Waals surface area (Å²) in [7, 11) is 1.70. The quantitative estimate of drug-likeness (QED) is 0.787. The van der Waals surface area contributed by atoms with E-state index in [1.807, 2.05) is 0 Å². The highest BCUT2D eigenvalue weighted by atomic mass is 35.5. The van der Waals surface area contributed by atoms with Crippen molar-refractivity contribution in [2.45, 2.75) is 33.2 Å². The summed E-state index contributed by atoms with van der Waals surface area (Å²) in [6.45, 7) is 8.36. The van der Waals surface area contributed by atoms with Crippen molar-refractivity contribution < 1.29 is 23.8 Å². The number of halogens is 3. The summed E-state index contributed by atoms with van der Waals surface area (Å²) in [6.07, 6.45) is 0. The minimum absolute atomic E-state index is 0.0862. The lowest BCUT2D eigenvalue weighted by Gasteiger charge is -2.23. The monoisotopic (exact) mass is 409 g/mol. The van der Waals surface area contributed by atoms with E-state index in [0.717, 1.165) is 6.92 Å². The molecular weight excluding hydrogens is 388 g/mol. The van der Waals surface area contributed by atoms with Crippen molar-refractivity contribution in [1.82, 2.24) is 4.90 Å². The number of alkyl halides is 2. The lowest BCUT2D eigenvalue weighted by atomic mass is 10.0. The molecule has 0 saturated carbocycles. The van der Waals surface area contributed by atoms with Crippen molar-refractivity contribution in [3.63, 3.8) is 0 Å². The number of aromatic hydroxyl groups is 1. The SMILES string of the molecule is C=c1c(C)cc(C(C)(F)F)c/c1=C(\C)N(C)Cc1c(Cl)ccc(C(=O)O)c1O. The van der Waals surface area contributed by atoms with Crippen molar-refractivity contribution in [2.24, 2.45) is 0 Å². The predicted octanol–water partition coefficient (Wildman–Crippen LogP) is 3.83. The average molecular weight is 410 g/mol. The Kier molecular flexibility index (Phi) is 6.04. The first kappa shape index (κ1) is 21.7. The van der Waals surface area contributed by atoms with E-state index in [9.17, 15) is 23.8 Å². The smallest absolute Gasteiger partial charge is 0.339 e. The number of phenols is 1. The third kappa shape index (κ3) is 4.28. The minimum Gasteiger partial charge on any atom is -0.507 e. The van der Waals surface area contributed by atoms with Crippen LogP contribution < -0.4 is 10.4 Å². The Balaban J connectivity index is 2.59. The summed E-state index contributed by atoms with van der Waals surface area (Å²) in [5.74, 6) is -4.68. The molecule has 2 aromatic rings. The Hall–Kier alpha value is -2.60. The molecule has 4 nitrogen and oxygen atoms in total. The third-order valence-electron chi connectivity index (χ3n) is 4.79. The first-order valence-corrected chi connectivity index (χ1v) is 8.86. The van der Waals surface area contributed by atoms with E-state index >= 15 is 0 Å². The molecule has 0 aliphatic rings. The van der Waals surface area contributed by atoms with Crippen LogP contribution in [-0.2, 0) is 12.5 Å². The zero-order valence-electron chi connectivity index (χ0n) is 16.1. The maximum atomic E-state index is 13.8. The van der Waals surface area contributed by atoms with Gasteiger partial charge in [0.25, 0.3) is 5.92 Å². The molecule has 0 amide bonds. The molecule has 0 fully saturated rings. The number of aryl methyl sites for hydroxylation is 1. The summed E-state index contributed by atoms with van der Waals surface area (Å²) in [5, 5.41) is 20.8. The Bertz CT molecular complexity index is 1050. The second-order valence-corrected chi connectivity index (χ2v) is 7.28. The normalized spacial score (nSPS) is 12.7. The second-order valence-electron chi connectivity index (χ2n) is 6.88. The van der Waals surface area contributed by atoms with Crippen LogP contribution in [0.1, 0.15) is 40.9 Å². The summed E-state index contributed by atoms with van der Waals surface area (Å²) in [5.41, 5.74) is 1.13. The molecule has 0 atom stereocenters. The van der Waals surface area contributed by atoms with Gasteiger partial charge in [0.15, 0.2) is 0 Å². The van der Waals surface area contributed by atoms with Crippen LogP contribution in [0.2, 0.25) is 5.02 Å². The van der Waals surface area contributed by atoms with Crippen LogP contribution in [0.5, 0.6) is 5.75 Å². The molecule has 0 aromatic heterocycles. The van der Waals surface area contributed by atoms with Gasteiger partial charge in [-0.15, -0.1) is 0 Å². The molecule has 0 bridgehead atoms. The molecule has 0 spiro atoms. The number of rotatable bonds is 5. The van der Waals surface area contributed by atoms with E-state index in [2.05, 4.69) is 6.58 Å². The average Bonchev–Trinajstić information content (AvgIpc) is 2.58. The van der Waals surface area contributed by atoms with Gasteiger partial charge in [0.05, 0.1) is 0 Å². The fraction of sp³-hybridized carbons (Fsp3) is 0.286. The Labute approximate surface area is 167 Å². The predicted molar refractivity (Wildman–Crippen MR) is 106 cm³/mol. The highest BCUT2D eigenvalue weighted by Crippen LogP contribution is 2.31. The first-order chi connectivity index (χ1) is 12.8. The van der Waals surface area contributed by atoms with Crippen LogP contribution in [-0.4, -0.2) is 28.1 Å². The molecule has 150 valence electrons. The Morgan fingerprint density at radius 2 is 1.93 bits per heavy atom. The van der Waals surface area contributed by atoms with Crippen LogP contribution in [0.3, 0.4) is 0 Å². The zero-order valence-corrected chi connectivity index (χ0v) is 16.9.